The molecule has 0 aromatic carbocycles. The van der Waals surface area contributed by atoms with Gasteiger partial charge in [-0.05, 0) is 12.1 Å². The summed E-state index contributed by atoms with van der Waals surface area (Å²) in [5.41, 5.74) is -1.71. The summed E-state index contributed by atoms with van der Waals surface area (Å²) < 4.78 is 93.9. The van der Waals surface area contributed by atoms with E-state index < -0.39 is 41.9 Å². The van der Waals surface area contributed by atoms with Crippen LogP contribution < -0.4 is 4.74 Å². The van der Waals surface area contributed by atoms with Crippen LogP contribution >= 0.6 is 0 Å². The lowest BCUT2D eigenvalue weighted by Gasteiger charge is -2.10. The van der Waals surface area contributed by atoms with Crippen molar-refractivity contribution in [1.29, 1.82) is 0 Å². The van der Waals surface area contributed by atoms with Crippen LogP contribution in [0.3, 0.4) is 0 Å². The lowest BCUT2D eigenvalue weighted by atomic mass is 10.2. The SMILES string of the molecule is Fc1cc(-c2ccn3ncc(C(F)(F)F)c3n2)cnc1OCC(F)(F)F. The standard InChI is InChI=1S/C14H7F7N4O/c15-9-3-7(4-22-12(9)26-6-13(16,17)18)10-1-2-25-11(24-10)8(5-23-25)14(19,20)21/h1-5H,6H2. The fourth-order valence-corrected chi connectivity index (χ4v) is 2.05. The second-order valence-electron chi connectivity index (χ2n) is 5.05. The van der Waals surface area contributed by atoms with E-state index in [0.29, 0.717) is 6.20 Å². The summed E-state index contributed by atoms with van der Waals surface area (Å²) in [5.74, 6) is -2.09. The highest BCUT2D eigenvalue weighted by molar-refractivity contribution is 5.62. The summed E-state index contributed by atoms with van der Waals surface area (Å²) in [6.45, 7) is -1.73. The van der Waals surface area contributed by atoms with Crippen LogP contribution in [0.15, 0.2) is 30.7 Å². The third-order valence-corrected chi connectivity index (χ3v) is 3.15. The fraction of sp³-hybridized carbons (Fsp3) is 0.214. The van der Waals surface area contributed by atoms with E-state index in [2.05, 4.69) is 19.8 Å². The number of rotatable bonds is 3. The third kappa shape index (κ3) is 3.68. The largest absolute Gasteiger partial charge is 0.466 e. The highest BCUT2D eigenvalue weighted by Gasteiger charge is 2.35. The van der Waals surface area contributed by atoms with Gasteiger partial charge in [-0.3, -0.25) is 0 Å². The van der Waals surface area contributed by atoms with Crippen molar-refractivity contribution in [3.63, 3.8) is 0 Å². The summed E-state index contributed by atoms with van der Waals surface area (Å²) in [4.78, 5) is 7.20. The van der Waals surface area contributed by atoms with Gasteiger partial charge in [0.15, 0.2) is 18.1 Å². The van der Waals surface area contributed by atoms with E-state index in [1.807, 2.05) is 0 Å². The number of halogens is 7. The van der Waals surface area contributed by atoms with Crippen LogP contribution in [-0.4, -0.2) is 32.4 Å². The molecule has 0 fully saturated rings. The molecule has 3 aromatic heterocycles. The molecule has 3 aromatic rings. The quantitative estimate of drug-likeness (QED) is 0.647. The van der Waals surface area contributed by atoms with Gasteiger partial charge in [0.05, 0.1) is 11.9 Å². The first-order chi connectivity index (χ1) is 12.0. The smallest absolute Gasteiger partial charge is 0.422 e. The summed E-state index contributed by atoms with van der Waals surface area (Å²) in [5, 5.41) is 3.52. The molecular formula is C14H7F7N4O. The number of nitrogens with zero attached hydrogens (tertiary/aromatic N) is 4. The Morgan fingerprint density at radius 1 is 1.08 bits per heavy atom. The van der Waals surface area contributed by atoms with Crippen LogP contribution in [-0.2, 0) is 6.18 Å². The Morgan fingerprint density at radius 2 is 1.81 bits per heavy atom. The molecule has 0 saturated heterocycles. The second-order valence-corrected chi connectivity index (χ2v) is 5.05. The molecule has 3 rings (SSSR count). The maximum absolute atomic E-state index is 13.9. The molecule has 0 radical (unpaired) electrons. The molecule has 5 nitrogen and oxygen atoms in total. The molecule has 0 atom stereocenters. The van der Waals surface area contributed by atoms with E-state index in [-0.39, 0.29) is 11.3 Å². The monoisotopic (exact) mass is 380 g/mol. The van der Waals surface area contributed by atoms with Gasteiger partial charge in [-0.25, -0.2) is 18.9 Å². The first-order valence-corrected chi connectivity index (χ1v) is 6.81. The molecule has 0 N–H and O–H groups in total. The van der Waals surface area contributed by atoms with Crippen LogP contribution in [0.5, 0.6) is 5.88 Å². The minimum atomic E-state index is -4.69. The Balaban J connectivity index is 1.95. The topological polar surface area (TPSA) is 52.3 Å². The van der Waals surface area contributed by atoms with Gasteiger partial charge in [-0.15, -0.1) is 0 Å². The Labute approximate surface area is 140 Å². The molecule has 0 saturated carbocycles. The molecule has 0 unspecified atom stereocenters. The zero-order valence-electron chi connectivity index (χ0n) is 12.4. The van der Waals surface area contributed by atoms with Crippen LogP contribution in [0.2, 0.25) is 0 Å². The summed E-state index contributed by atoms with van der Waals surface area (Å²) in [6.07, 6.45) is -6.64. The summed E-state index contributed by atoms with van der Waals surface area (Å²) >= 11 is 0. The Hall–Kier alpha value is -2.92. The van der Waals surface area contributed by atoms with E-state index in [9.17, 15) is 30.7 Å². The van der Waals surface area contributed by atoms with Gasteiger partial charge in [-0.2, -0.15) is 31.4 Å². The van der Waals surface area contributed by atoms with E-state index in [0.717, 1.165) is 16.8 Å². The summed E-state index contributed by atoms with van der Waals surface area (Å²) in [7, 11) is 0. The average Bonchev–Trinajstić information content (AvgIpc) is 2.96. The number of pyridine rings is 1. The molecule has 26 heavy (non-hydrogen) atoms. The highest BCUT2D eigenvalue weighted by Crippen LogP contribution is 2.32. The highest BCUT2D eigenvalue weighted by atomic mass is 19.4. The van der Waals surface area contributed by atoms with E-state index in [1.165, 1.54) is 12.3 Å². The number of aromatic nitrogens is 4. The second kappa shape index (κ2) is 6.11. The van der Waals surface area contributed by atoms with Gasteiger partial charge in [0.2, 0.25) is 0 Å². The molecule has 0 amide bonds. The molecule has 0 aliphatic rings. The zero-order chi connectivity index (χ0) is 19.1. The minimum absolute atomic E-state index is 0.0429. The fourth-order valence-electron chi connectivity index (χ4n) is 2.05. The maximum Gasteiger partial charge on any atom is 0.422 e. The van der Waals surface area contributed by atoms with Gasteiger partial charge in [0.1, 0.15) is 5.56 Å². The zero-order valence-corrected chi connectivity index (χ0v) is 12.4. The van der Waals surface area contributed by atoms with Gasteiger partial charge in [-0.1, -0.05) is 0 Å². The van der Waals surface area contributed by atoms with Gasteiger partial charge < -0.3 is 4.74 Å². The average molecular weight is 380 g/mol. The van der Waals surface area contributed by atoms with Crippen molar-refractivity contribution in [3.8, 4) is 17.1 Å². The molecule has 0 aliphatic carbocycles. The van der Waals surface area contributed by atoms with Crippen LogP contribution in [0.25, 0.3) is 16.9 Å². The molecule has 3 heterocycles. The van der Waals surface area contributed by atoms with Crippen LogP contribution in [0, 0.1) is 5.82 Å². The first kappa shape index (κ1) is 17.9. The minimum Gasteiger partial charge on any atom is -0.466 e. The van der Waals surface area contributed by atoms with Gasteiger partial charge >= 0.3 is 12.4 Å². The van der Waals surface area contributed by atoms with E-state index in [4.69, 9.17) is 0 Å². The van der Waals surface area contributed by atoms with Crippen molar-refractivity contribution in [2.75, 3.05) is 6.61 Å². The van der Waals surface area contributed by atoms with Crippen molar-refractivity contribution < 1.29 is 35.5 Å². The Morgan fingerprint density at radius 3 is 2.42 bits per heavy atom. The van der Waals surface area contributed by atoms with Crippen molar-refractivity contribution in [3.05, 3.63) is 42.1 Å². The number of alkyl halides is 6. The number of hydrogen-bond donors (Lipinski definition) is 0. The number of hydrogen-bond acceptors (Lipinski definition) is 4. The predicted octanol–water partition coefficient (Wildman–Crippen LogP) is 3.89. The molecule has 12 heteroatoms. The van der Waals surface area contributed by atoms with Crippen LogP contribution in [0.1, 0.15) is 5.56 Å². The summed E-state index contributed by atoms with van der Waals surface area (Å²) in [6, 6.07) is 2.02. The van der Waals surface area contributed by atoms with E-state index in [1.54, 1.807) is 0 Å². The predicted molar refractivity (Wildman–Crippen MR) is 72.7 cm³/mol. The molecular weight excluding hydrogens is 373 g/mol. The van der Waals surface area contributed by atoms with Crippen molar-refractivity contribution in [2.45, 2.75) is 12.4 Å². The molecule has 0 bridgehead atoms. The lowest BCUT2D eigenvalue weighted by molar-refractivity contribution is -0.154. The van der Waals surface area contributed by atoms with Gasteiger partial charge in [0.25, 0.3) is 5.88 Å². The maximum atomic E-state index is 13.9. The van der Waals surface area contributed by atoms with Gasteiger partial charge in [0, 0.05) is 18.0 Å². The lowest BCUT2D eigenvalue weighted by Crippen LogP contribution is -2.20. The third-order valence-electron chi connectivity index (χ3n) is 3.15. The first-order valence-electron chi connectivity index (χ1n) is 6.81. The molecule has 138 valence electrons. The Kier molecular flexibility index (Phi) is 4.20. The number of ether oxygens (including phenoxy) is 1. The molecule has 0 spiro atoms. The number of fused-ring (bicyclic) bond motifs is 1. The normalized spacial score (nSPS) is 12.6. The van der Waals surface area contributed by atoms with Crippen molar-refractivity contribution >= 4 is 5.65 Å². The van der Waals surface area contributed by atoms with E-state index >= 15 is 0 Å². The van der Waals surface area contributed by atoms with Crippen LogP contribution in [0.4, 0.5) is 30.7 Å². The Bertz CT molecular complexity index is 949. The van der Waals surface area contributed by atoms with Crippen molar-refractivity contribution in [2.24, 2.45) is 0 Å². The molecule has 0 aliphatic heterocycles. The van der Waals surface area contributed by atoms with Crippen molar-refractivity contribution in [1.82, 2.24) is 19.6 Å².